The lowest BCUT2D eigenvalue weighted by atomic mass is 9.69. The molecular formula is C16H30. The summed E-state index contributed by atoms with van der Waals surface area (Å²) in [5, 5.41) is 0. The molecule has 0 saturated heterocycles. The van der Waals surface area contributed by atoms with E-state index in [0.29, 0.717) is 0 Å². The molecule has 3 atom stereocenters. The molecule has 0 radical (unpaired) electrons. The lowest BCUT2D eigenvalue weighted by Gasteiger charge is -2.36. The Labute approximate surface area is 103 Å². The molecule has 94 valence electrons. The van der Waals surface area contributed by atoms with Gasteiger partial charge in [0.1, 0.15) is 0 Å². The van der Waals surface area contributed by atoms with Gasteiger partial charge in [-0.05, 0) is 63.2 Å². The molecule has 0 nitrogen and oxygen atoms in total. The quantitative estimate of drug-likeness (QED) is 0.555. The molecule has 1 rings (SSSR count). The summed E-state index contributed by atoms with van der Waals surface area (Å²) in [6.45, 7) is 11.7. The predicted molar refractivity (Wildman–Crippen MR) is 73.5 cm³/mol. The highest BCUT2D eigenvalue weighted by Crippen LogP contribution is 2.39. The molecule has 0 aromatic carbocycles. The standard InChI is InChI=1S/C16H30/c1-12(2)7-6-8-15-9-10-16(13(3)4)14(5)11-15/h7,13-16H,6,8-11H2,1-5H3. The van der Waals surface area contributed by atoms with Crippen LogP contribution in [0.25, 0.3) is 0 Å². The maximum atomic E-state index is 2.47. The summed E-state index contributed by atoms with van der Waals surface area (Å²) < 4.78 is 0. The fourth-order valence-electron chi connectivity index (χ4n) is 3.39. The largest absolute Gasteiger partial charge is 0.0859 e. The van der Waals surface area contributed by atoms with Crippen LogP contribution in [0.2, 0.25) is 0 Å². The second-order valence-corrected chi connectivity index (χ2v) is 6.42. The Kier molecular flexibility index (Phi) is 5.58. The van der Waals surface area contributed by atoms with Crippen molar-refractivity contribution in [2.24, 2.45) is 23.7 Å². The highest BCUT2D eigenvalue weighted by molar-refractivity contribution is 4.93. The topological polar surface area (TPSA) is 0 Å². The minimum Gasteiger partial charge on any atom is -0.0859 e. The van der Waals surface area contributed by atoms with Crippen LogP contribution < -0.4 is 0 Å². The number of allylic oxidation sites excluding steroid dienone is 2. The Balaban J connectivity index is 2.31. The SMILES string of the molecule is CC(C)=CCCC1CCC(C(C)C)C(C)C1. The van der Waals surface area contributed by atoms with Gasteiger partial charge in [-0.2, -0.15) is 0 Å². The summed E-state index contributed by atoms with van der Waals surface area (Å²) in [5.74, 6) is 3.82. The second kappa shape index (κ2) is 6.47. The Morgan fingerprint density at radius 3 is 2.44 bits per heavy atom. The first kappa shape index (κ1) is 13.8. The minimum absolute atomic E-state index is 0.883. The zero-order valence-corrected chi connectivity index (χ0v) is 11.9. The van der Waals surface area contributed by atoms with Crippen LogP contribution in [0.3, 0.4) is 0 Å². The molecule has 1 aliphatic rings. The Morgan fingerprint density at radius 2 is 1.94 bits per heavy atom. The van der Waals surface area contributed by atoms with Gasteiger partial charge in [-0.3, -0.25) is 0 Å². The van der Waals surface area contributed by atoms with Crippen molar-refractivity contribution in [2.75, 3.05) is 0 Å². The van der Waals surface area contributed by atoms with Crippen molar-refractivity contribution >= 4 is 0 Å². The number of rotatable bonds is 4. The van der Waals surface area contributed by atoms with Gasteiger partial charge in [0.15, 0.2) is 0 Å². The normalized spacial score (nSPS) is 30.5. The van der Waals surface area contributed by atoms with Gasteiger partial charge in [-0.15, -0.1) is 0 Å². The monoisotopic (exact) mass is 222 g/mol. The van der Waals surface area contributed by atoms with E-state index in [0.717, 1.165) is 23.7 Å². The zero-order chi connectivity index (χ0) is 12.1. The van der Waals surface area contributed by atoms with Crippen LogP contribution >= 0.6 is 0 Å². The van der Waals surface area contributed by atoms with Gasteiger partial charge in [0.25, 0.3) is 0 Å². The molecule has 0 bridgehead atoms. The number of hydrogen-bond donors (Lipinski definition) is 0. The van der Waals surface area contributed by atoms with Gasteiger partial charge < -0.3 is 0 Å². The summed E-state index contributed by atoms with van der Waals surface area (Å²) in [5.41, 5.74) is 1.48. The summed E-state index contributed by atoms with van der Waals surface area (Å²) in [4.78, 5) is 0. The smallest absolute Gasteiger partial charge is 0.0346 e. The van der Waals surface area contributed by atoms with E-state index in [1.54, 1.807) is 0 Å². The van der Waals surface area contributed by atoms with Crippen molar-refractivity contribution in [3.8, 4) is 0 Å². The predicted octanol–water partition coefficient (Wildman–Crippen LogP) is 5.44. The van der Waals surface area contributed by atoms with Gasteiger partial charge in [-0.25, -0.2) is 0 Å². The summed E-state index contributed by atoms with van der Waals surface area (Å²) in [6.07, 6.45) is 9.53. The maximum absolute atomic E-state index is 2.47. The van der Waals surface area contributed by atoms with E-state index in [1.807, 2.05) is 0 Å². The van der Waals surface area contributed by atoms with Crippen molar-refractivity contribution in [1.82, 2.24) is 0 Å². The Morgan fingerprint density at radius 1 is 1.25 bits per heavy atom. The van der Waals surface area contributed by atoms with E-state index in [-0.39, 0.29) is 0 Å². The highest BCUT2D eigenvalue weighted by atomic mass is 14.3. The molecule has 0 aromatic heterocycles. The van der Waals surface area contributed by atoms with E-state index in [2.05, 4.69) is 40.7 Å². The Bertz CT molecular complexity index is 220. The first-order valence-corrected chi connectivity index (χ1v) is 7.14. The highest BCUT2D eigenvalue weighted by Gasteiger charge is 2.28. The zero-order valence-electron chi connectivity index (χ0n) is 11.9. The van der Waals surface area contributed by atoms with Crippen LogP contribution in [0.15, 0.2) is 11.6 Å². The van der Waals surface area contributed by atoms with E-state index in [4.69, 9.17) is 0 Å². The van der Waals surface area contributed by atoms with Gasteiger partial charge in [0.05, 0.1) is 0 Å². The molecule has 16 heavy (non-hydrogen) atoms. The van der Waals surface area contributed by atoms with Crippen molar-refractivity contribution < 1.29 is 0 Å². The van der Waals surface area contributed by atoms with Gasteiger partial charge in [-0.1, -0.05) is 38.8 Å². The fraction of sp³-hybridized carbons (Fsp3) is 0.875. The van der Waals surface area contributed by atoms with Crippen LogP contribution in [-0.2, 0) is 0 Å². The molecule has 1 saturated carbocycles. The van der Waals surface area contributed by atoms with Crippen molar-refractivity contribution in [1.29, 1.82) is 0 Å². The molecule has 0 amide bonds. The first-order chi connectivity index (χ1) is 7.50. The molecule has 0 N–H and O–H groups in total. The molecular weight excluding hydrogens is 192 g/mol. The third-order valence-electron chi connectivity index (χ3n) is 4.33. The van der Waals surface area contributed by atoms with E-state index in [1.165, 1.54) is 37.7 Å². The summed E-state index contributed by atoms with van der Waals surface area (Å²) >= 11 is 0. The molecule has 0 spiro atoms. The average molecular weight is 222 g/mol. The van der Waals surface area contributed by atoms with Crippen LogP contribution in [-0.4, -0.2) is 0 Å². The molecule has 0 heterocycles. The molecule has 1 fully saturated rings. The fourth-order valence-corrected chi connectivity index (χ4v) is 3.39. The minimum atomic E-state index is 0.883. The van der Waals surface area contributed by atoms with Gasteiger partial charge in [0, 0.05) is 0 Å². The van der Waals surface area contributed by atoms with Crippen LogP contribution in [0.1, 0.15) is 66.7 Å². The molecule has 0 heteroatoms. The van der Waals surface area contributed by atoms with Crippen molar-refractivity contribution in [3.05, 3.63) is 11.6 Å². The van der Waals surface area contributed by atoms with E-state index in [9.17, 15) is 0 Å². The third-order valence-corrected chi connectivity index (χ3v) is 4.33. The first-order valence-electron chi connectivity index (χ1n) is 7.14. The van der Waals surface area contributed by atoms with E-state index >= 15 is 0 Å². The third kappa shape index (κ3) is 4.31. The van der Waals surface area contributed by atoms with Crippen LogP contribution in [0, 0.1) is 23.7 Å². The molecule has 3 unspecified atom stereocenters. The van der Waals surface area contributed by atoms with Crippen LogP contribution in [0.4, 0.5) is 0 Å². The molecule has 0 aromatic rings. The van der Waals surface area contributed by atoms with E-state index < -0.39 is 0 Å². The van der Waals surface area contributed by atoms with Crippen molar-refractivity contribution in [2.45, 2.75) is 66.7 Å². The van der Waals surface area contributed by atoms with Crippen LogP contribution in [0.5, 0.6) is 0 Å². The average Bonchev–Trinajstić information content (AvgIpc) is 2.16. The lowest BCUT2D eigenvalue weighted by molar-refractivity contribution is 0.146. The molecule has 0 aliphatic heterocycles. The second-order valence-electron chi connectivity index (χ2n) is 6.42. The summed E-state index contributed by atoms with van der Waals surface area (Å²) in [6, 6.07) is 0. The maximum Gasteiger partial charge on any atom is -0.0346 e. The van der Waals surface area contributed by atoms with Gasteiger partial charge >= 0.3 is 0 Å². The van der Waals surface area contributed by atoms with Gasteiger partial charge in [0.2, 0.25) is 0 Å². The lowest BCUT2D eigenvalue weighted by Crippen LogP contribution is -2.26. The summed E-state index contributed by atoms with van der Waals surface area (Å²) in [7, 11) is 0. The Hall–Kier alpha value is -0.260. The number of hydrogen-bond acceptors (Lipinski definition) is 0. The van der Waals surface area contributed by atoms with Crippen molar-refractivity contribution in [3.63, 3.8) is 0 Å². The molecule has 1 aliphatic carbocycles.